The van der Waals surface area contributed by atoms with Crippen LogP contribution in [0, 0.1) is 11.7 Å². The van der Waals surface area contributed by atoms with Crippen LogP contribution < -0.4 is 16.0 Å². The molecule has 3 N–H and O–H groups in total. The van der Waals surface area contributed by atoms with Gasteiger partial charge in [0.1, 0.15) is 5.82 Å². The second-order valence-electron chi connectivity index (χ2n) is 12.8. The summed E-state index contributed by atoms with van der Waals surface area (Å²) in [7, 11) is -3.05. The lowest BCUT2D eigenvalue weighted by atomic mass is 9.76. The monoisotopic (exact) mass is 750 g/mol. The lowest BCUT2D eigenvalue weighted by Gasteiger charge is -2.40. The maximum absolute atomic E-state index is 15.8. The van der Waals surface area contributed by atoms with Crippen molar-refractivity contribution in [3.05, 3.63) is 94.3 Å². The molecular formula is C36H42ClF3N4O6S. The Bertz CT molecular complexity index is 1780. The zero-order valence-corrected chi connectivity index (χ0v) is 29.9. The van der Waals surface area contributed by atoms with Crippen LogP contribution >= 0.6 is 11.6 Å². The zero-order valence-electron chi connectivity index (χ0n) is 28.3. The van der Waals surface area contributed by atoms with Crippen molar-refractivity contribution < 1.29 is 40.7 Å². The van der Waals surface area contributed by atoms with Crippen LogP contribution in [-0.2, 0) is 30.7 Å². The van der Waals surface area contributed by atoms with E-state index in [1.54, 1.807) is 31.2 Å². The molecule has 3 aromatic carbocycles. The van der Waals surface area contributed by atoms with E-state index >= 15 is 4.39 Å². The first-order valence-corrected chi connectivity index (χ1v) is 18.6. The molecule has 0 radical (unpaired) electrons. The number of hydrogen-bond donors (Lipinski definition) is 2. The summed E-state index contributed by atoms with van der Waals surface area (Å²) in [5.74, 6) is -2.11. The van der Waals surface area contributed by atoms with Crippen LogP contribution in [0.15, 0.2) is 71.6 Å². The van der Waals surface area contributed by atoms with E-state index in [2.05, 4.69) is 5.32 Å². The van der Waals surface area contributed by atoms with Gasteiger partial charge in [-0.15, -0.1) is 0 Å². The third-order valence-corrected chi connectivity index (χ3v) is 12.0. The average Bonchev–Trinajstić information content (AvgIpc) is 3.12. The van der Waals surface area contributed by atoms with Crippen LogP contribution in [0.3, 0.4) is 0 Å². The lowest BCUT2D eigenvalue weighted by molar-refractivity contribution is -0.120. The fourth-order valence-corrected chi connectivity index (χ4v) is 9.09. The number of anilines is 1. The highest BCUT2D eigenvalue weighted by atomic mass is 35.5. The molecule has 0 unspecified atom stereocenters. The van der Waals surface area contributed by atoms with Crippen molar-refractivity contribution in [3.8, 4) is 0 Å². The highest BCUT2D eigenvalue weighted by Crippen LogP contribution is 2.37. The van der Waals surface area contributed by atoms with Crippen LogP contribution in [0.1, 0.15) is 55.2 Å². The summed E-state index contributed by atoms with van der Waals surface area (Å²) in [6.07, 6.45) is -2.55. The van der Waals surface area contributed by atoms with E-state index in [1.165, 1.54) is 22.5 Å². The van der Waals surface area contributed by atoms with Gasteiger partial charge in [0.2, 0.25) is 10.0 Å². The minimum absolute atomic E-state index is 0.00517. The zero-order chi connectivity index (χ0) is 36.9. The fraction of sp³-hybridized carbons (Fsp3) is 0.444. The smallest absolute Gasteiger partial charge is 0.420 e. The van der Waals surface area contributed by atoms with E-state index < -0.39 is 58.3 Å². The molecule has 0 aliphatic carbocycles. The number of methoxy groups -OCH3 is 1. The number of carbonyl (C=O) groups is 2. The van der Waals surface area contributed by atoms with Gasteiger partial charge in [-0.1, -0.05) is 41.9 Å². The van der Waals surface area contributed by atoms with Gasteiger partial charge < -0.3 is 20.5 Å². The number of sulfonamides is 1. The molecule has 0 bridgehead atoms. The van der Waals surface area contributed by atoms with Gasteiger partial charge in [0.05, 0.1) is 23.7 Å². The first kappa shape index (κ1) is 38.7. The highest BCUT2D eigenvalue weighted by molar-refractivity contribution is 7.89. The molecule has 2 fully saturated rings. The molecule has 4 atom stereocenters. The predicted molar refractivity (Wildman–Crippen MR) is 187 cm³/mol. The number of amides is 2. The predicted octanol–water partition coefficient (Wildman–Crippen LogP) is 6.04. The number of piperazine rings is 1. The summed E-state index contributed by atoms with van der Waals surface area (Å²) < 4.78 is 81.7. The Morgan fingerprint density at radius 3 is 2.31 bits per heavy atom. The van der Waals surface area contributed by atoms with Gasteiger partial charge in [-0.25, -0.2) is 31.3 Å². The van der Waals surface area contributed by atoms with Gasteiger partial charge in [0.15, 0.2) is 0 Å². The number of nitrogens with one attached hydrogen (secondary N) is 1. The summed E-state index contributed by atoms with van der Waals surface area (Å²) in [4.78, 5) is 28.4. The number of imide groups is 1. The Kier molecular flexibility index (Phi) is 12.8. The van der Waals surface area contributed by atoms with E-state index in [4.69, 9.17) is 26.8 Å². The van der Waals surface area contributed by atoms with E-state index in [0.717, 1.165) is 41.8 Å². The molecule has 2 saturated heterocycles. The normalized spacial score (nSPS) is 20.2. The number of nitrogens with zero attached hydrogens (tertiary/aromatic N) is 2. The summed E-state index contributed by atoms with van der Waals surface area (Å²) in [6, 6.07) is 13.0. The third kappa shape index (κ3) is 8.58. The van der Waals surface area contributed by atoms with Crippen molar-refractivity contribution in [2.24, 2.45) is 11.7 Å². The van der Waals surface area contributed by atoms with Gasteiger partial charge >= 0.3 is 6.09 Å². The molecule has 2 heterocycles. The van der Waals surface area contributed by atoms with E-state index in [0.29, 0.717) is 37.6 Å². The molecule has 15 heteroatoms. The summed E-state index contributed by atoms with van der Waals surface area (Å²) >= 11 is 6.15. The largest absolute Gasteiger partial charge is 0.452 e. The number of nitrogens with two attached hydrogens (primary N) is 1. The number of halogens is 4. The molecule has 3 aromatic rings. The maximum atomic E-state index is 15.8. The first-order valence-electron chi connectivity index (χ1n) is 16.8. The number of hydrogen-bond acceptors (Lipinski definition) is 8. The standard InChI is InChI=1S/C36H42ClF3N4O6S/c1-22-20-42-21-27(44(22)51(47,48)28-13-8-25(9-14-28)34(39)40)12-15-29-30(38)4-3-5-31(29)43(36(46)49-2)35(45)33(41)32(24-16-18-50-19-17-24)23-6-10-26(37)11-7-23/h3-11,13-14,22,24,27,32-34,42H,12,15-21,41H2,1-2H3/t22-,27+,32+,33+/m1/s1. The second-order valence-corrected chi connectivity index (χ2v) is 15.1. The van der Waals surface area contributed by atoms with Crippen LogP contribution in [0.25, 0.3) is 0 Å². The quantitative estimate of drug-likeness (QED) is 0.243. The molecule has 10 nitrogen and oxygen atoms in total. The Labute approximate surface area is 301 Å². The average molecular weight is 751 g/mol. The first-order chi connectivity index (χ1) is 24.3. The van der Waals surface area contributed by atoms with Gasteiger partial charge in [-0.2, -0.15) is 4.31 Å². The van der Waals surface area contributed by atoms with Crippen molar-refractivity contribution >= 4 is 39.3 Å². The van der Waals surface area contributed by atoms with Crippen molar-refractivity contribution in [3.63, 3.8) is 0 Å². The van der Waals surface area contributed by atoms with Crippen molar-refractivity contribution in [1.82, 2.24) is 9.62 Å². The molecule has 2 aliphatic heterocycles. The molecule has 51 heavy (non-hydrogen) atoms. The van der Waals surface area contributed by atoms with Gasteiger partial charge in [-0.3, -0.25) is 4.79 Å². The fourth-order valence-electron chi connectivity index (χ4n) is 7.12. The van der Waals surface area contributed by atoms with Crippen molar-refractivity contribution in [2.45, 2.75) is 68.0 Å². The number of ether oxygens (including phenoxy) is 2. The van der Waals surface area contributed by atoms with Gasteiger partial charge in [0, 0.05) is 60.5 Å². The molecule has 5 rings (SSSR count). The molecule has 0 aromatic heterocycles. The molecule has 276 valence electrons. The van der Waals surface area contributed by atoms with Crippen LogP contribution in [-0.4, -0.2) is 76.3 Å². The lowest BCUT2D eigenvalue weighted by Crippen LogP contribution is -2.58. The van der Waals surface area contributed by atoms with Crippen molar-refractivity contribution in [2.75, 3.05) is 38.3 Å². The Morgan fingerprint density at radius 1 is 1.04 bits per heavy atom. The van der Waals surface area contributed by atoms with Crippen LogP contribution in [0.4, 0.5) is 23.7 Å². The van der Waals surface area contributed by atoms with E-state index in [9.17, 15) is 26.8 Å². The molecule has 0 saturated carbocycles. The van der Waals surface area contributed by atoms with Crippen molar-refractivity contribution in [1.29, 1.82) is 0 Å². The Hall–Kier alpha value is -3.53. The minimum atomic E-state index is -4.15. The third-order valence-electron chi connectivity index (χ3n) is 9.66. The molecule has 2 amide bonds. The summed E-state index contributed by atoms with van der Waals surface area (Å²) in [5.41, 5.74) is 7.12. The van der Waals surface area contributed by atoms with Gasteiger partial charge in [0.25, 0.3) is 12.3 Å². The topological polar surface area (TPSA) is 131 Å². The van der Waals surface area contributed by atoms with E-state index in [1.807, 2.05) is 0 Å². The Morgan fingerprint density at radius 2 is 1.69 bits per heavy atom. The minimum Gasteiger partial charge on any atom is -0.452 e. The molecule has 0 spiro atoms. The number of carbonyl (C=O) groups excluding carboxylic acids is 2. The van der Waals surface area contributed by atoms with Crippen LogP contribution in [0.2, 0.25) is 5.02 Å². The van der Waals surface area contributed by atoms with Gasteiger partial charge in [-0.05, 0) is 80.5 Å². The second kappa shape index (κ2) is 16.9. The molecule has 2 aliphatic rings. The number of alkyl halides is 2. The summed E-state index contributed by atoms with van der Waals surface area (Å²) in [6.45, 7) is 3.23. The van der Waals surface area contributed by atoms with E-state index in [-0.39, 0.29) is 47.0 Å². The number of benzene rings is 3. The maximum Gasteiger partial charge on any atom is 0.420 e. The number of rotatable bonds is 11. The summed E-state index contributed by atoms with van der Waals surface area (Å²) in [5, 5.41) is 3.71. The highest BCUT2D eigenvalue weighted by Gasteiger charge is 2.41. The van der Waals surface area contributed by atoms with Crippen LogP contribution in [0.5, 0.6) is 0 Å². The Balaban J connectivity index is 1.46. The SMILES string of the molecule is COC(=O)N(C(=O)[C@@H](N)[C@@H](c1ccc(Cl)cc1)C1CCOCC1)c1cccc(F)c1CC[C@H]1CNC[C@@H](C)N1S(=O)(=O)c1ccc(C(F)F)cc1. The molecular weight excluding hydrogens is 709 g/mol.